The van der Waals surface area contributed by atoms with Crippen LogP contribution in [0.1, 0.15) is 46.3 Å². The first-order chi connectivity index (χ1) is 14.1. The minimum atomic E-state index is -0.0679. The number of carbonyl (C=O) groups is 1. The zero-order chi connectivity index (χ0) is 20.2. The molecule has 3 aromatic rings. The molecule has 0 spiro atoms. The number of piperidine rings is 1. The predicted molar refractivity (Wildman–Crippen MR) is 111 cm³/mol. The maximum absolute atomic E-state index is 12.8. The van der Waals surface area contributed by atoms with Crippen LogP contribution in [0.4, 0.5) is 11.5 Å². The average molecular weight is 388 g/mol. The summed E-state index contributed by atoms with van der Waals surface area (Å²) < 4.78 is 0. The molecule has 1 aliphatic heterocycles. The van der Waals surface area contributed by atoms with Crippen LogP contribution in [-0.4, -0.2) is 43.8 Å². The molecule has 4 rings (SSSR count). The van der Waals surface area contributed by atoms with Gasteiger partial charge in [0.05, 0.1) is 11.9 Å². The fourth-order valence-electron chi connectivity index (χ4n) is 3.63. The van der Waals surface area contributed by atoms with E-state index in [0.717, 1.165) is 48.0 Å². The SMILES string of the molecule is Cc1cnc(C(=O)N2CCC[C@H](c3cc(Nc4ccccn4)cc(C)n3)C2)cn1. The normalized spacial score (nSPS) is 16.5. The largest absolute Gasteiger partial charge is 0.340 e. The summed E-state index contributed by atoms with van der Waals surface area (Å²) in [5.41, 5.74) is 4.09. The topological polar surface area (TPSA) is 83.9 Å². The van der Waals surface area contributed by atoms with E-state index in [9.17, 15) is 4.79 Å². The Kier molecular flexibility index (Phi) is 5.46. The molecule has 29 heavy (non-hydrogen) atoms. The van der Waals surface area contributed by atoms with Crippen LogP contribution in [0.5, 0.6) is 0 Å². The summed E-state index contributed by atoms with van der Waals surface area (Å²) in [6.07, 6.45) is 6.89. The van der Waals surface area contributed by atoms with Gasteiger partial charge in [-0.1, -0.05) is 6.07 Å². The van der Waals surface area contributed by atoms with Crippen molar-refractivity contribution < 1.29 is 4.79 Å². The van der Waals surface area contributed by atoms with Crippen LogP contribution < -0.4 is 5.32 Å². The van der Waals surface area contributed by atoms with Crippen molar-refractivity contribution in [3.8, 4) is 0 Å². The summed E-state index contributed by atoms with van der Waals surface area (Å²) in [7, 11) is 0. The lowest BCUT2D eigenvalue weighted by molar-refractivity contribution is 0.0699. The lowest BCUT2D eigenvalue weighted by Crippen LogP contribution is -2.39. The van der Waals surface area contributed by atoms with Gasteiger partial charge >= 0.3 is 0 Å². The highest BCUT2D eigenvalue weighted by Gasteiger charge is 2.27. The van der Waals surface area contributed by atoms with Crippen molar-refractivity contribution in [1.82, 2.24) is 24.8 Å². The first-order valence-electron chi connectivity index (χ1n) is 9.83. The fourth-order valence-corrected chi connectivity index (χ4v) is 3.63. The van der Waals surface area contributed by atoms with E-state index in [4.69, 9.17) is 4.98 Å². The van der Waals surface area contributed by atoms with Gasteiger partial charge in [-0.25, -0.2) is 9.97 Å². The number of aryl methyl sites for hydroxylation is 2. The zero-order valence-electron chi connectivity index (χ0n) is 16.7. The first kappa shape index (κ1) is 19.0. The molecule has 0 aromatic carbocycles. The third-order valence-corrected chi connectivity index (χ3v) is 5.04. The van der Waals surface area contributed by atoms with E-state index in [0.29, 0.717) is 12.2 Å². The summed E-state index contributed by atoms with van der Waals surface area (Å²) in [5, 5.41) is 3.34. The minimum Gasteiger partial charge on any atom is -0.340 e. The second-order valence-electron chi connectivity index (χ2n) is 7.40. The molecule has 1 aliphatic rings. The molecule has 1 atom stereocenters. The van der Waals surface area contributed by atoms with E-state index in [1.165, 1.54) is 0 Å². The number of likely N-dealkylation sites (tertiary alicyclic amines) is 1. The molecule has 1 fully saturated rings. The number of nitrogens with zero attached hydrogens (tertiary/aromatic N) is 5. The number of rotatable bonds is 4. The van der Waals surface area contributed by atoms with Crippen LogP contribution in [0.3, 0.4) is 0 Å². The lowest BCUT2D eigenvalue weighted by Gasteiger charge is -2.32. The Morgan fingerprint density at radius 1 is 1.10 bits per heavy atom. The van der Waals surface area contributed by atoms with E-state index < -0.39 is 0 Å². The van der Waals surface area contributed by atoms with Crippen molar-refractivity contribution in [2.24, 2.45) is 0 Å². The number of hydrogen-bond acceptors (Lipinski definition) is 6. The summed E-state index contributed by atoms with van der Waals surface area (Å²) >= 11 is 0. The van der Waals surface area contributed by atoms with Gasteiger partial charge in [0.2, 0.25) is 0 Å². The number of nitrogens with one attached hydrogen (secondary N) is 1. The molecule has 7 heteroatoms. The number of amides is 1. The summed E-state index contributed by atoms with van der Waals surface area (Å²) in [5.74, 6) is 0.916. The van der Waals surface area contributed by atoms with Gasteiger partial charge in [0.15, 0.2) is 0 Å². The number of carbonyl (C=O) groups excluding carboxylic acids is 1. The Bertz CT molecular complexity index is 990. The second kappa shape index (κ2) is 8.34. The molecule has 7 nitrogen and oxygen atoms in total. The van der Waals surface area contributed by atoms with Crippen molar-refractivity contribution >= 4 is 17.4 Å². The molecule has 0 saturated carbocycles. The number of hydrogen-bond donors (Lipinski definition) is 1. The molecule has 0 unspecified atom stereocenters. The van der Waals surface area contributed by atoms with Gasteiger partial charge in [0.25, 0.3) is 5.91 Å². The van der Waals surface area contributed by atoms with Crippen LogP contribution in [-0.2, 0) is 0 Å². The number of anilines is 2. The molecule has 1 N–H and O–H groups in total. The molecular weight excluding hydrogens is 364 g/mol. The molecular formula is C22H24N6O. The summed E-state index contributed by atoms with van der Waals surface area (Å²) in [6.45, 7) is 5.21. The zero-order valence-corrected chi connectivity index (χ0v) is 16.7. The second-order valence-corrected chi connectivity index (χ2v) is 7.40. The highest BCUT2D eigenvalue weighted by atomic mass is 16.2. The predicted octanol–water partition coefficient (Wildman–Crippen LogP) is 3.65. The van der Waals surface area contributed by atoms with E-state index in [1.54, 1.807) is 18.6 Å². The Hall–Kier alpha value is -3.35. The smallest absolute Gasteiger partial charge is 0.274 e. The highest BCUT2D eigenvalue weighted by Crippen LogP contribution is 2.29. The lowest BCUT2D eigenvalue weighted by atomic mass is 9.93. The van der Waals surface area contributed by atoms with E-state index in [1.807, 2.05) is 43.0 Å². The Balaban J connectivity index is 1.52. The van der Waals surface area contributed by atoms with E-state index >= 15 is 0 Å². The number of pyridine rings is 2. The summed E-state index contributed by atoms with van der Waals surface area (Å²) in [4.78, 5) is 32.2. The number of aromatic nitrogens is 4. The third-order valence-electron chi connectivity index (χ3n) is 5.04. The standard InChI is InChI=1S/C22H24N6O/c1-15-10-18(27-21-7-3-4-8-23-21)11-19(26-15)17-6-5-9-28(14-17)22(29)20-13-24-16(2)12-25-20/h3-4,7-8,10-13,17H,5-6,9,14H2,1-2H3,(H,23,26,27)/t17-/m0/s1. The van der Waals surface area contributed by atoms with Gasteiger partial charge < -0.3 is 10.2 Å². The molecule has 3 aromatic heterocycles. The van der Waals surface area contributed by atoms with Gasteiger partial charge in [0, 0.05) is 48.5 Å². The van der Waals surface area contributed by atoms with Crippen molar-refractivity contribution in [3.05, 3.63) is 71.7 Å². The highest BCUT2D eigenvalue weighted by molar-refractivity contribution is 5.92. The first-order valence-corrected chi connectivity index (χ1v) is 9.83. The van der Waals surface area contributed by atoms with Crippen molar-refractivity contribution in [3.63, 3.8) is 0 Å². The van der Waals surface area contributed by atoms with Crippen LogP contribution in [0.15, 0.2) is 48.9 Å². The molecule has 0 bridgehead atoms. The van der Waals surface area contributed by atoms with Crippen molar-refractivity contribution in [2.45, 2.75) is 32.6 Å². The van der Waals surface area contributed by atoms with Crippen LogP contribution in [0.25, 0.3) is 0 Å². The van der Waals surface area contributed by atoms with Gasteiger partial charge in [-0.05, 0) is 51.0 Å². The Labute approximate surface area is 170 Å². The maximum Gasteiger partial charge on any atom is 0.274 e. The van der Waals surface area contributed by atoms with Gasteiger partial charge in [-0.3, -0.25) is 14.8 Å². The molecule has 0 radical (unpaired) electrons. The van der Waals surface area contributed by atoms with Gasteiger partial charge in [0.1, 0.15) is 11.5 Å². The van der Waals surface area contributed by atoms with Gasteiger partial charge in [-0.2, -0.15) is 0 Å². The van der Waals surface area contributed by atoms with Crippen LogP contribution >= 0.6 is 0 Å². The monoisotopic (exact) mass is 388 g/mol. The maximum atomic E-state index is 12.8. The summed E-state index contributed by atoms with van der Waals surface area (Å²) in [6, 6.07) is 9.83. The molecule has 4 heterocycles. The van der Waals surface area contributed by atoms with Crippen molar-refractivity contribution in [1.29, 1.82) is 0 Å². The Morgan fingerprint density at radius 2 is 2.00 bits per heavy atom. The van der Waals surface area contributed by atoms with Crippen LogP contribution in [0, 0.1) is 13.8 Å². The molecule has 1 amide bonds. The molecule has 0 aliphatic carbocycles. The van der Waals surface area contributed by atoms with Crippen LogP contribution in [0.2, 0.25) is 0 Å². The quantitative estimate of drug-likeness (QED) is 0.734. The fraction of sp³-hybridized carbons (Fsp3) is 0.318. The molecule has 148 valence electrons. The minimum absolute atomic E-state index is 0.0679. The Morgan fingerprint density at radius 3 is 2.76 bits per heavy atom. The third kappa shape index (κ3) is 4.56. The van der Waals surface area contributed by atoms with E-state index in [-0.39, 0.29) is 11.8 Å². The van der Waals surface area contributed by atoms with Crippen molar-refractivity contribution in [2.75, 3.05) is 18.4 Å². The molecule has 1 saturated heterocycles. The van der Waals surface area contributed by atoms with Gasteiger partial charge in [-0.15, -0.1) is 0 Å². The van der Waals surface area contributed by atoms with E-state index in [2.05, 4.69) is 26.3 Å². The average Bonchev–Trinajstić information content (AvgIpc) is 2.74.